The second kappa shape index (κ2) is 6.04. The van der Waals surface area contributed by atoms with Crippen LogP contribution in [-0.4, -0.2) is 30.5 Å². The van der Waals surface area contributed by atoms with Gasteiger partial charge in [0.25, 0.3) is 11.8 Å². The molecule has 0 saturated heterocycles. The van der Waals surface area contributed by atoms with E-state index in [4.69, 9.17) is 11.6 Å². The summed E-state index contributed by atoms with van der Waals surface area (Å²) in [4.78, 5) is 26.1. The minimum absolute atomic E-state index is 0.126. The van der Waals surface area contributed by atoms with Gasteiger partial charge in [-0.1, -0.05) is 11.6 Å². The van der Waals surface area contributed by atoms with Crippen LogP contribution in [0.1, 0.15) is 10.4 Å². The highest BCUT2D eigenvalue weighted by Crippen LogP contribution is 2.04. The van der Waals surface area contributed by atoms with Gasteiger partial charge in [-0.15, -0.1) is 0 Å². The van der Waals surface area contributed by atoms with Crippen molar-refractivity contribution in [1.29, 1.82) is 0 Å². The van der Waals surface area contributed by atoms with Crippen LogP contribution in [0.3, 0.4) is 0 Å². The van der Waals surface area contributed by atoms with Crippen LogP contribution in [0, 0.1) is 0 Å². The zero-order valence-electron chi connectivity index (χ0n) is 8.49. The van der Waals surface area contributed by atoms with Crippen LogP contribution in [0.2, 0.25) is 5.15 Å². The molecule has 0 fully saturated rings. The maximum atomic E-state index is 11.4. The second-order valence-corrected chi connectivity index (χ2v) is 3.19. The Hall–Kier alpha value is -1.66. The number of nitrogens with one attached hydrogen (secondary N) is 2. The molecular formula is C9H10ClN3O3. The molecule has 0 bridgehead atoms. The smallest absolute Gasteiger partial charge is 0.271 e. The van der Waals surface area contributed by atoms with Crippen molar-refractivity contribution in [2.24, 2.45) is 0 Å². The first-order chi connectivity index (χ1) is 7.63. The monoisotopic (exact) mass is 243 g/mol. The largest absolute Gasteiger partial charge is 0.375 e. The summed E-state index contributed by atoms with van der Waals surface area (Å²) in [6.07, 6.45) is 1.31. The lowest BCUT2D eigenvalue weighted by Crippen LogP contribution is -2.43. The van der Waals surface area contributed by atoms with Crippen LogP contribution < -0.4 is 10.9 Å². The zero-order chi connectivity index (χ0) is 12.0. The summed E-state index contributed by atoms with van der Waals surface area (Å²) in [5.41, 5.74) is 4.67. The van der Waals surface area contributed by atoms with E-state index in [1.807, 2.05) is 0 Å². The lowest BCUT2D eigenvalue weighted by Gasteiger charge is -2.06. The summed E-state index contributed by atoms with van der Waals surface area (Å²) in [6, 6.07) is 2.97. The molecule has 0 aliphatic carbocycles. The van der Waals surface area contributed by atoms with Crippen molar-refractivity contribution in [3.8, 4) is 0 Å². The van der Waals surface area contributed by atoms with Gasteiger partial charge in [-0.05, 0) is 12.1 Å². The average Bonchev–Trinajstić information content (AvgIpc) is 2.27. The van der Waals surface area contributed by atoms with Crippen LogP contribution in [-0.2, 0) is 9.53 Å². The zero-order valence-corrected chi connectivity index (χ0v) is 9.25. The van der Waals surface area contributed by atoms with Crippen molar-refractivity contribution in [3.63, 3.8) is 0 Å². The van der Waals surface area contributed by atoms with E-state index in [-0.39, 0.29) is 6.61 Å². The molecule has 0 radical (unpaired) electrons. The van der Waals surface area contributed by atoms with Gasteiger partial charge in [-0.2, -0.15) is 0 Å². The summed E-state index contributed by atoms with van der Waals surface area (Å²) >= 11 is 5.56. The minimum atomic E-state index is -0.478. The average molecular weight is 244 g/mol. The fourth-order valence-electron chi connectivity index (χ4n) is 0.876. The van der Waals surface area contributed by atoms with E-state index in [2.05, 4.69) is 20.6 Å². The number of rotatable bonds is 3. The van der Waals surface area contributed by atoms with E-state index < -0.39 is 11.8 Å². The van der Waals surface area contributed by atoms with Gasteiger partial charge in [0, 0.05) is 13.3 Å². The Morgan fingerprint density at radius 2 is 2.19 bits per heavy atom. The Kier molecular flexibility index (Phi) is 4.68. The SMILES string of the molecule is COCC(=O)NNC(=O)c1ccc(Cl)nc1. The standard InChI is InChI=1S/C9H10ClN3O3/c1-16-5-8(14)12-13-9(15)6-2-3-7(10)11-4-6/h2-4H,5H2,1H3,(H,12,14)(H,13,15). The number of nitrogens with zero attached hydrogens (tertiary/aromatic N) is 1. The van der Waals surface area contributed by atoms with Gasteiger partial charge in [-0.25, -0.2) is 4.98 Å². The molecule has 1 aromatic heterocycles. The van der Waals surface area contributed by atoms with E-state index in [9.17, 15) is 9.59 Å². The molecule has 0 spiro atoms. The van der Waals surface area contributed by atoms with Crippen molar-refractivity contribution in [1.82, 2.24) is 15.8 Å². The first kappa shape index (κ1) is 12.4. The van der Waals surface area contributed by atoms with Gasteiger partial charge in [0.1, 0.15) is 11.8 Å². The van der Waals surface area contributed by atoms with Crippen LogP contribution in [0.25, 0.3) is 0 Å². The molecule has 0 unspecified atom stereocenters. The highest BCUT2D eigenvalue weighted by atomic mass is 35.5. The number of aromatic nitrogens is 1. The maximum Gasteiger partial charge on any atom is 0.271 e. The fourth-order valence-corrected chi connectivity index (χ4v) is 0.988. The molecule has 0 aromatic carbocycles. The van der Waals surface area contributed by atoms with Crippen molar-refractivity contribution in [2.75, 3.05) is 13.7 Å². The van der Waals surface area contributed by atoms with Gasteiger partial charge < -0.3 is 4.74 Å². The highest BCUT2D eigenvalue weighted by molar-refractivity contribution is 6.29. The molecule has 0 aliphatic rings. The van der Waals surface area contributed by atoms with Gasteiger partial charge in [-0.3, -0.25) is 20.4 Å². The highest BCUT2D eigenvalue weighted by Gasteiger charge is 2.07. The number of pyridine rings is 1. The molecule has 86 valence electrons. The summed E-state index contributed by atoms with van der Waals surface area (Å²) in [6.45, 7) is -0.126. The first-order valence-corrected chi connectivity index (χ1v) is 4.71. The predicted octanol–water partition coefficient (Wildman–Crippen LogP) is 0.142. The molecule has 2 amide bonds. The van der Waals surface area contributed by atoms with E-state index in [1.165, 1.54) is 25.4 Å². The van der Waals surface area contributed by atoms with Gasteiger partial charge in [0.15, 0.2) is 0 Å². The Bertz CT molecular complexity index is 380. The van der Waals surface area contributed by atoms with E-state index in [0.29, 0.717) is 10.7 Å². The number of carbonyl (C=O) groups excluding carboxylic acids is 2. The second-order valence-electron chi connectivity index (χ2n) is 2.80. The van der Waals surface area contributed by atoms with Crippen LogP contribution in [0.5, 0.6) is 0 Å². The van der Waals surface area contributed by atoms with E-state index in [0.717, 1.165) is 0 Å². The predicted molar refractivity (Wildman–Crippen MR) is 56.7 cm³/mol. The van der Waals surface area contributed by atoms with Crippen molar-refractivity contribution in [3.05, 3.63) is 29.0 Å². The van der Waals surface area contributed by atoms with Gasteiger partial charge >= 0.3 is 0 Å². The number of carbonyl (C=O) groups is 2. The number of ether oxygens (including phenoxy) is 1. The van der Waals surface area contributed by atoms with Crippen LogP contribution in [0.4, 0.5) is 0 Å². The molecule has 0 aliphatic heterocycles. The molecule has 6 nitrogen and oxygen atoms in total. The fraction of sp³-hybridized carbons (Fsp3) is 0.222. The lowest BCUT2D eigenvalue weighted by atomic mass is 10.3. The molecule has 1 rings (SSSR count). The molecule has 16 heavy (non-hydrogen) atoms. The molecule has 0 atom stereocenters. The third kappa shape index (κ3) is 3.84. The number of methoxy groups -OCH3 is 1. The maximum absolute atomic E-state index is 11.4. The number of hydrazine groups is 1. The number of amides is 2. The molecule has 2 N–H and O–H groups in total. The van der Waals surface area contributed by atoms with Crippen molar-refractivity contribution in [2.45, 2.75) is 0 Å². The minimum Gasteiger partial charge on any atom is -0.375 e. The van der Waals surface area contributed by atoms with Crippen LogP contribution in [0.15, 0.2) is 18.3 Å². The van der Waals surface area contributed by atoms with Gasteiger partial charge in [0.2, 0.25) is 0 Å². The normalized spacial score (nSPS) is 9.62. The number of hydrogen-bond donors (Lipinski definition) is 2. The Morgan fingerprint density at radius 3 is 2.75 bits per heavy atom. The topological polar surface area (TPSA) is 80.3 Å². The van der Waals surface area contributed by atoms with E-state index in [1.54, 1.807) is 0 Å². The molecule has 1 aromatic rings. The Morgan fingerprint density at radius 1 is 1.44 bits per heavy atom. The van der Waals surface area contributed by atoms with E-state index >= 15 is 0 Å². The number of halogens is 1. The quantitative estimate of drug-likeness (QED) is 0.585. The molecular weight excluding hydrogens is 234 g/mol. The number of hydrogen-bond acceptors (Lipinski definition) is 4. The van der Waals surface area contributed by atoms with Crippen molar-refractivity contribution < 1.29 is 14.3 Å². The van der Waals surface area contributed by atoms with Crippen LogP contribution >= 0.6 is 11.6 Å². The summed E-state index contributed by atoms with van der Waals surface area (Å²) in [5, 5.41) is 0.292. The summed E-state index contributed by atoms with van der Waals surface area (Å²) in [5.74, 6) is -0.925. The summed E-state index contributed by atoms with van der Waals surface area (Å²) in [7, 11) is 1.38. The Labute approximate surface area is 96.9 Å². The lowest BCUT2D eigenvalue weighted by molar-refractivity contribution is -0.125. The molecule has 0 saturated carbocycles. The van der Waals surface area contributed by atoms with Crippen molar-refractivity contribution >= 4 is 23.4 Å². The molecule has 1 heterocycles. The third-order valence-corrected chi connectivity index (χ3v) is 1.80. The third-order valence-electron chi connectivity index (χ3n) is 1.58. The van der Waals surface area contributed by atoms with Gasteiger partial charge in [0.05, 0.1) is 5.56 Å². The Balaban J connectivity index is 2.47. The summed E-state index contributed by atoms with van der Waals surface area (Å²) < 4.78 is 4.56. The first-order valence-electron chi connectivity index (χ1n) is 4.33. The molecule has 7 heteroatoms.